The number of rotatable bonds is 12. The Labute approximate surface area is 213 Å². The van der Waals surface area contributed by atoms with E-state index in [0.717, 1.165) is 0 Å². The van der Waals surface area contributed by atoms with E-state index in [0.29, 0.717) is 17.0 Å². The SMILES string of the molecule is CCOC(=O)C1=C(CSCC(N)C(=O)OCC)N=C(C)C(C(=O)OCC)C1c1cccc([N+](=O)[O-])c1. The monoisotopic (exact) mass is 521 g/mol. The summed E-state index contributed by atoms with van der Waals surface area (Å²) in [6.45, 7) is 7.02. The van der Waals surface area contributed by atoms with Gasteiger partial charge in [0.05, 0.1) is 36.0 Å². The van der Waals surface area contributed by atoms with Crippen LogP contribution < -0.4 is 5.73 Å². The highest BCUT2D eigenvalue weighted by atomic mass is 32.2. The molecule has 0 fully saturated rings. The zero-order valence-electron chi connectivity index (χ0n) is 20.7. The molecule has 0 saturated heterocycles. The normalized spacial score (nSPS) is 18.2. The van der Waals surface area contributed by atoms with Gasteiger partial charge in [0.2, 0.25) is 0 Å². The van der Waals surface area contributed by atoms with E-state index in [-0.39, 0.29) is 42.6 Å². The first-order valence-corrected chi connectivity index (χ1v) is 12.7. The molecule has 0 saturated carbocycles. The first-order chi connectivity index (χ1) is 17.2. The summed E-state index contributed by atoms with van der Waals surface area (Å²) in [7, 11) is 0. The first-order valence-electron chi connectivity index (χ1n) is 11.5. The van der Waals surface area contributed by atoms with Crippen LogP contribution in [-0.2, 0) is 28.6 Å². The van der Waals surface area contributed by atoms with Gasteiger partial charge in [0.15, 0.2) is 0 Å². The maximum atomic E-state index is 13.2. The zero-order chi connectivity index (χ0) is 26.8. The van der Waals surface area contributed by atoms with Crippen molar-refractivity contribution in [2.75, 3.05) is 31.3 Å². The molecule has 3 unspecified atom stereocenters. The summed E-state index contributed by atoms with van der Waals surface area (Å²) in [5.41, 5.74) is 6.92. The highest BCUT2D eigenvalue weighted by Gasteiger charge is 2.43. The van der Waals surface area contributed by atoms with Crippen LogP contribution in [0.25, 0.3) is 0 Å². The summed E-state index contributed by atoms with van der Waals surface area (Å²) in [5, 5.41) is 11.4. The molecule has 1 aliphatic heterocycles. The van der Waals surface area contributed by atoms with Gasteiger partial charge in [-0.2, -0.15) is 11.8 Å². The minimum absolute atomic E-state index is 0.0743. The molecule has 2 rings (SSSR count). The van der Waals surface area contributed by atoms with Gasteiger partial charge in [0, 0.05) is 35.3 Å². The Morgan fingerprint density at radius 1 is 1.14 bits per heavy atom. The number of hydrogen-bond donors (Lipinski definition) is 1. The van der Waals surface area contributed by atoms with E-state index in [9.17, 15) is 24.5 Å². The Morgan fingerprint density at radius 2 is 1.81 bits per heavy atom. The lowest BCUT2D eigenvalue weighted by atomic mass is 9.75. The van der Waals surface area contributed by atoms with E-state index >= 15 is 0 Å². The van der Waals surface area contributed by atoms with Crippen LogP contribution in [0.1, 0.15) is 39.2 Å². The number of nitro groups is 1. The smallest absolute Gasteiger partial charge is 0.336 e. The highest BCUT2D eigenvalue weighted by molar-refractivity contribution is 7.99. The van der Waals surface area contributed by atoms with Gasteiger partial charge in [-0.25, -0.2) is 4.79 Å². The maximum absolute atomic E-state index is 13.2. The molecule has 0 aliphatic carbocycles. The number of aliphatic imine (C=N–C) groups is 1. The van der Waals surface area contributed by atoms with Crippen molar-refractivity contribution in [1.29, 1.82) is 0 Å². The Kier molecular flexibility index (Phi) is 11.1. The van der Waals surface area contributed by atoms with Crippen LogP contribution in [-0.4, -0.2) is 65.9 Å². The molecule has 1 aliphatic rings. The fourth-order valence-electron chi connectivity index (χ4n) is 3.82. The molecule has 0 spiro atoms. The third-order valence-corrected chi connectivity index (χ3v) is 6.39. The lowest BCUT2D eigenvalue weighted by Gasteiger charge is -2.32. The number of hydrogen-bond acceptors (Lipinski definition) is 11. The number of ether oxygens (including phenoxy) is 3. The van der Waals surface area contributed by atoms with E-state index in [1.54, 1.807) is 33.8 Å². The topological polar surface area (TPSA) is 160 Å². The summed E-state index contributed by atoms with van der Waals surface area (Å²) in [5.74, 6) is -3.35. The van der Waals surface area contributed by atoms with Gasteiger partial charge in [-0.3, -0.25) is 24.7 Å². The summed E-state index contributed by atoms with van der Waals surface area (Å²) in [4.78, 5) is 53.5. The molecule has 1 heterocycles. The van der Waals surface area contributed by atoms with Gasteiger partial charge >= 0.3 is 17.9 Å². The average Bonchev–Trinajstić information content (AvgIpc) is 2.83. The predicted octanol–water partition coefficient (Wildman–Crippen LogP) is 2.77. The Bertz CT molecular complexity index is 1060. The molecule has 12 heteroatoms. The zero-order valence-corrected chi connectivity index (χ0v) is 21.5. The van der Waals surface area contributed by atoms with Crippen LogP contribution in [0.2, 0.25) is 0 Å². The second-order valence-electron chi connectivity index (χ2n) is 7.77. The lowest BCUT2D eigenvalue weighted by molar-refractivity contribution is -0.384. The second-order valence-corrected chi connectivity index (χ2v) is 8.80. The van der Waals surface area contributed by atoms with Gasteiger partial charge in [0.25, 0.3) is 5.69 Å². The number of thioether (sulfide) groups is 1. The van der Waals surface area contributed by atoms with Crippen LogP contribution in [0.5, 0.6) is 0 Å². The van der Waals surface area contributed by atoms with E-state index in [2.05, 4.69) is 4.99 Å². The van der Waals surface area contributed by atoms with Gasteiger partial charge in [-0.15, -0.1) is 0 Å². The fourth-order valence-corrected chi connectivity index (χ4v) is 4.74. The molecule has 1 aromatic carbocycles. The van der Waals surface area contributed by atoms with Crippen LogP contribution in [0, 0.1) is 16.0 Å². The summed E-state index contributed by atoms with van der Waals surface area (Å²) in [6, 6.07) is 4.90. The van der Waals surface area contributed by atoms with Crippen molar-refractivity contribution in [2.24, 2.45) is 16.6 Å². The van der Waals surface area contributed by atoms with Crippen LogP contribution in [0.3, 0.4) is 0 Å². The van der Waals surface area contributed by atoms with E-state index in [4.69, 9.17) is 19.9 Å². The molecule has 2 N–H and O–H groups in total. The molecular weight excluding hydrogens is 490 g/mol. The number of nitrogens with two attached hydrogens (primary N) is 1. The predicted molar refractivity (Wildman–Crippen MR) is 135 cm³/mol. The standard InChI is InChI=1S/C24H31N3O8S/c1-5-33-22(28)17(25)12-36-13-18-21(24(30)35-7-3)20(15-9-8-10-16(11-15)27(31)32)19(14(4)26-18)23(29)34-6-2/h8-11,17,19-20H,5-7,12-13,25H2,1-4H3. The van der Waals surface area contributed by atoms with Crippen LogP contribution >= 0.6 is 11.8 Å². The molecule has 1 aromatic rings. The van der Waals surface area contributed by atoms with Crippen molar-refractivity contribution in [1.82, 2.24) is 0 Å². The number of benzene rings is 1. The van der Waals surface area contributed by atoms with Crippen molar-refractivity contribution in [3.05, 3.63) is 51.2 Å². The number of nitro benzene ring substituents is 1. The number of carbonyl (C=O) groups is 3. The minimum Gasteiger partial charge on any atom is -0.465 e. The molecule has 3 atom stereocenters. The highest BCUT2D eigenvalue weighted by Crippen LogP contribution is 2.41. The molecule has 196 valence electrons. The first kappa shape index (κ1) is 29.0. The van der Waals surface area contributed by atoms with Gasteiger partial charge in [-0.05, 0) is 33.3 Å². The largest absolute Gasteiger partial charge is 0.465 e. The van der Waals surface area contributed by atoms with Crippen molar-refractivity contribution in [3.8, 4) is 0 Å². The molecule has 36 heavy (non-hydrogen) atoms. The van der Waals surface area contributed by atoms with Crippen molar-refractivity contribution in [2.45, 2.75) is 39.7 Å². The molecule has 0 amide bonds. The lowest BCUT2D eigenvalue weighted by Crippen LogP contribution is -2.37. The molecule has 0 radical (unpaired) electrons. The number of nitrogens with zero attached hydrogens (tertiary/aromatic N) is 2. The fraction of sp³-hybridized carbons (Fsp3) is 0.500. The van der Waals surface area contributed by atoms with Crippen molar-refractivity contribution < 1.29 is 33.5 Å². The average molecular weight is 522 g/mol. The van der Waals surface area contributed by atoms with Crippen LogP contribution in [0.4, 0.5) is 5.69 Å². The maximum Gasteiger partial charge on any atom is 0.336 e. The van der Waals surface area contributed by atoms with E-state index in [1.807, 2.05) is 0 Å². The number of carbonyl (C=O) groups excluding carboxylic acids is 3. The third-order valence-electron chi connectivity index (χ3n) is 5.32. The summed E-state index contributed by atoms with van der Waals surface area (Å²) >= 11 is 1.27. The molecule has 0 bridgehead atoms. The van der Waals surface area contributed by atoms with Gasteiger partial charge in [-0.1, -0.05) is 12.1 Å². The minimum atomic E-state index is -0.984. The Balaban J connectivity index is 2.58. The third kappa shape index (κ3) is 7.14. The second kappa shape index (κ2) is 13.7. The van der Waals surface area contributed by atoms with Gasteiger partial charge < -0.3 is 19.9 Å². The van der Waals surface area contributed by atoms with Crippen molar-refractivity contribution >= 4 is 41.1 Å². The quantitative estimate of drug-likeness (QED) is 0.187. The summed E-state index contributed by atoms with van der Waals surface area (Å²) < 4.78 is 15.5. The summed E-state index contributed by atoms with van der Waals surface area (Å²) in [6.07, 6.45) is 0. The molecule has 0 aromatic heterocycles. The van der Waals surface area contributed by atoms with E-state index in [1.165, 1.54) is 30.0 Å². The van der Waals surface area contributed by atoms with Crippen molar-refractivity contribution in [3.63, 3.8) is 0 Å². The van der Waals surface area contributed by atoms with E-state index < -0.39 is 40.7 Å². The van der Waals surface area contributed by atoms with Gasteiger partial charge in [0.1, 0.15) is 12.0 Å². The Morgan fingerprint density at radius 3 is 2.42 bits per heavy atom. The number of esters is 3. The molecule has 11 nitrogen and oxygen atoms in total. The number of non-ortho nitro benzene ring substituents is 1. The van der Waals surface area contributed by atoms with Crippen LogP contribution in [0.15, 0.2) is 40.5 Å². The molecular formula is C24H31N3O8S. The Hall–Kier alpha value is -3.25.